The van der Waals surface area contributed by atoms with Gasteiger partial charge in [0.1, 0.15) is 5.69 Å². The third-order valence-electron chi connectivity index (χ3n) is 1.88. The molecule has 0 aliphatic carbocycles. The van der Waals surface area contributed by atoms with Crippen LogP contribution in [0.3, 0.4) is 0 Å². The maximum atomic E-state index is 12.5. The molecule has 1 aromatic heterocycles. The van der Waals surface area contributed by atoms with Gasteiger partial charge < -0.3 is 5.11 Å². The van der Waals surface area contributed by atoms with Gasteiger partial charge in [0.05, 0.1) is 12.0 Å². The number of halogens is 5. The van der Waals surface area contributed by atoms with Crippen LogP contribution in [0.25, 0.3) is 0 Å². The van der Waals surface area contributed by atoms with Crippen molar-refractivity contribution >= 4 is 5.97 Å². The first-order valence-corrected chi connectivity index (χ1v) is 4.27. The van der Waals surface area contributed by atoms with Crippen LogP contribution in [0.4, 0.5) is 22.0 Å². The number of alkyl halides is 5. The second kappa shape index (κ2) is 4.64. The molecular weight excluding hydrogens is 249 g/mol. The number of hydrogen-bond donors (Lipinski definition) is 1. The zero-order valence-corrected chi connectivity index (χ0v) is 8.13. The Morgan fingerprint density at radius 1 is 1.41 bits per heavy atom. The van der Waals surface area contributed by atoms with Crippen LogP contribution < -0.4 is 0 Å². The second-order valence-corrected chi connectivity index (χ2v) is 3.14. The molecule has 1 heterocycles. The largest absolute Gasteiger partial charge is 0.481 e. The monoisotopic (exact) mass is 255 g/mol. The number of carbonyl (C=O) groups is 1. The average Bonchev–Trinajstić information content (AvgIpc) is 2.15. The van der Waals surface area contributed by atoms with E-state index in [0.29, 0.717) is 6.20 Å². The van der Waals surface area contributed by atoms with E-state index in [1.54, 1.807) is 0 Å². The Hall–Kier alpha value is -1.73. The van der Waals surface area contributed by atoms with Crippen LogP contribution in [0.1, 0.15) is 23.2 Å². The van der Waals surface area contributed by atoms with Crippen LogP contribution in [0.5, 0.6) is 0 Å². The fourth-order valence-corrected chi connectivity index (χ4v) is 1.19. The maximum absolute atomic E-state index is 12.5. The summed E-state index contributed by atoms with van der Waals surface area (Å²) in [5, 5.41) is 8.39. The number of aliphatic carboxylic acids is 1. The molecule has 0 fully saturated rings. The summed E-state index contributed by atoms with van der Waals surface area (Å²) in [5.74, 6) is -1.50. The van der Waals surface area contributed by atoms with E-state index in [9.17, 15) is 26.7 Å². The van der Waals surface area contributed by atoms with Gasteiger partial charge in [0.15, 0.2) is 0 Å². The second-order valence-electron chi connectivity index (χ2n) is 3.14. The van der Waals surface area contributed by atoms with E-state index >= 15 is 0 Å². The van der Waals surface area contributed by atoms with E-state index in [4.69, 9.17) is 5.11 Å². The number of carboxylic acid groups (broad SMARTS) is 1. The normalized spacial score (nSPS) is 11.9. The van der Waals surface area contributed by atoms with Crippen molar-refractivity contribution in [1.29, 1.82) is 0 Å². The summed E-state index contributed by atoms with van der Waals surface area (Å²) < 4.78 is 61.8. The Balaban J connectivity index is 3.27. The molecule has 1 aromatic rings. The molecule has 0 bridgehead atoms. The van der Waals surface area contributed by atoms with Gasteiger partial charge in [-0.3, -0.25) is 9.78 Å². The van der Waals surface area contributed by atoms with Crippen LogP contribution in [0.2, 0.25) is 0 Å². The first kappa shape index (κ1) is 13.3. The molecular formula is C9H6F5NO2. The Morgan fingerprint density at radius 2 is 2.00 bits per heavy atom. The first-order valence-electron chi connectivity index (χ1n) is 4.27. The third-order valence-corrected chi connectivity index (χ3v) is 1.88. The lowest BCUT2D eigenvalue weighted by atomic mass is 10.1. The highest BCUT2D eigenvalue weighted by Crippen LogP contribution is 2.33. The fourth-order valence-electron chi connectivity index (χ4n) is 1.19. The molecule has 0 spiro atoms. The van der Waals surface area contributed by atoms with Gasteiger partial charge in [-0.05, 0) is 11.6 Å². The lowest BCUT2D eigenvalue weighted by Crippen LogP contribution is -2.14. The number of rotatable bonds is 3. The molecule has 0 aromatic carbocycles. The molecule has 0 unspecified atom stereocenters. The van der Waals surface area contributed by atoms with Crippen LogP contribution >= 0.6 is 0 Å². The highest BCUT2D eigenvalue weighted by Gasteiger charge is 2.35. The molecule has 0 atom stereocenters. The molecule has 0 saturated heterocycles. The zero-order valence-electron chi connectivity index (χ0n) is 8.13. The Morgan fingerprint density at radius 3 is 2.41 bits per heavy atom. The topological polar surface area (TPSA) is 50.2 Å². The van der Waals surface area contributed by atoms with Crippen molar-refractivity contribution in [1.82, 2.24) is 4.98 Å². The molecule has 94 valence electrons. The summed E-state index contributed by atoms with van der Waals surface area (Å²) in [6.07, 6.45) is -8.45. The molecule has 0 aliphatic rings. The van der Waals surface area contributed by atoms with E-state index in [1.165, 1.54) is 0 Å². The minimum absolute atomic E-state index is 0.170. The smallest absolute Gasteiger partial charge is 0.416 e. The molecule has 3 nitrogen and oxygen atoms in total. The third kappa shape index (κ3) is 3.36. The number of aromatic nitrogens is 1. The molecule has 0 aliphatic heterocycles. The number of pyridine rings is 1. The van der Waals surface area contributed by atoms with Crippen LogP contribution in [-0.2, 0) is 17.4 Å². The van der Waals surface area contributed by atoms with Crippen LogP contribution in [0.15, 0.2) is 12.3 Å². The predicted octanol–water partition coefficient (Wildman–Crippen LogP) is 2.67. The Kier molecular flexibility index (Phi) is 3.64. The highest BCUT2D eigenvalue weighted by atomic mass is 19.4. The van der Waals surface area contributed by atoms with E-state index < -0.39 is 41.8 Å². The van der Waals surface area contributed by atoms with Gasteiger partial charge in [0.25, 0.3) is 6.43 Å². The summed E-state index contributed by atoms with van der Waals surface area (Å²) in [6.45, 7) is 0. The molecule has 8 heteroatoms. The van der Waals surface area contributed by atoms with Crippen LogP contribution in [0, 0.1) is 0 Å². The fraction of sp³-hybridized carbons (Fsp3) is 0.333. The van der Waals surface area contributed by atoms with Crippen molar-refractivity contribution in [2.24, 2.45) is 0 Å². The molecule has 17 heavy (non-hydrogen) atoms. The molecule has 0 saturated carbocycles. The SMILES string of the molecule is O=C(O)Cc1cnc(C(F)F)cc1C(F)(F)F. The van der Waals surface area contributed by atoms with E-state index in [1.807, 2.05) is 0 Å². The molecule has 1 N–H and O–H groups in total. The van der Waals surface area contributed by atoms with E-state index in [-0.39, 0.29) is 6.07 Å². The van der Waals surface area contributed by atoms with Gasteiger partial charge in [-0.1, -0.05) is 0 Å². The quantitative estimate of drug-likeness (QED) is 0.845. The minimum atomic E-state index is -4.89. The number of carboxylic acids is 1. The van der Waals surface area contributed by atoms with Gasteiger partial charge in [-0.25, -0.2) is 8.78 Å². The number of hydrogen-bond acceptors (Lipinski definition) is 2. The van der Waals surface area contributed by atoms with Crippen molar-refractivity contribution in [2.75, 3.05) is 0 Å². The standard InChI is InChI=1S/C9H6F5NO2/c10-8(11)6-2-5(9(12,13)14)4(3-15-6)1-7(16)17/h2-3,8H,1H2,(H,16,17). The van der Waals surface area contributed by atoms with Gasteiger partial charge in [-0.2, -0.15) is 13.2 Å². The predicted molar refractivity (Wildman–Crippen MR) is 45.5 cm³/mol. The zero-order chi connectivity index (χ0) is 13.2. The average molecular weight is 255 g/mol. The molecule has 1 rings (SSSR count). The Bertz CT molecular complexity index is 430. The first-order chi connectivity index (χ1) is 7.71. The van der Waals surface area contributed by atoms with Crippen molar-refractivity contribution in [3.8, 4) is 0 Å². The Labute approximate surface area is 91.9 Å². The number of nitrogens with zero attached hydrogens (tertiary/aromatic N) is 1. The highest BCUT2D eigenvalue weighted by molar-refractivity contribution is 5.70. The van der Waals surface area contributed by atoms with Gasteiger partial charge in [0.2, 0.25) is 0 Å². The summed E-state index contributed by atoms with van der Waals surface area (Å²) in [7, 11) is 0. The molecule has 0 radical (unpaired) electrons. The van der Waals surface area contributed by atoms with E-state index in [2.05, 4.69) is 4.98 Å². The summed E-state index contributed by atoms with van der Waals surface area (Å²) in [5.41, 5.74) is -3.08. The minimum Gasteiger partial charge on any atom is -0.481 e. The van der Waals surface area contributed by atoms with Crippen molar-refractivity contribution in [2.45, 2.75) is 19.0 Å². The van der Waals surface area contributed by atoms with Crippen LogP contribution in [-0.4, -0.2) is 16.1 Å². The van der Waals surface area contributed by atoms with Crippen molar-refractivity contribution in [3.05, 3.63) is 29.1 Å². The summed E-state index contributed by atoms with van der Waals surface area (Å²) in [6, 6.07) is 0.170. The van der Waals surface area contributed by atoms with Gasteiger partial charge >= 0.3 is 12.1 Å². The lowest BCUT2D eigenvalue weighted by Gasteiger charge is -2.12. The lowest BCUT2D eigenvalue weighted by molar-refractivity contribution is -0.139. The van der Waals surface area contributed by atoms with Crippen molar-refractivity contribution in [3.63, 3.8) is 0 Å². The van der Waals surface area contributed by atoms with Gasteiger partial charge in [0, 0.05) is 6.20 Å². The van der Waals surface area contributed by atoms with Gasteiger partial charge in [-0.15, -0.1) is 0 Å². The summed E-state index contributed by atoms with van der Waals surface area (Å²) in [4.78, 5) is 13.4. The van der Waals surface area contributed by atoms with Crippen molar-refractivity contribution < 1.29 is 31.9 Å². The molecule has 0 amide bonds. The summed E-state index contributed by atoms with van der Waals surface area (Å²) >= 11 is 0. The van der Waals surface area contributed by atoms with E-state index in [0.717, 1.165) is 0 Å². The maximum Gasteiger partial charge on any atom is 0.416 e.